The van der Waals surface area contributed by atoms with Gasteiger partial charge in [0.1, 0.15) is 6.10 Å². The zero-order valence-corrected chi connectivity index (χ0v) is 27.5. The summed E-state index contributed by atoms with van der Waals surface area (Å²) in [5.74, 6) is 4.75. The molecular weight excluding hydrogens is 510 g/mol. The van der Waals surface area contributed by atoms with Crippen molar-refractivity contribution in [3.8, 4) is 0 Å². The van der Waals surface area contributed by atoms with Crippen LogP contribution in [0.2, 0.25) is 0 Å². The maximum atomic E-state index is 12.6. The number of hydrogen-bond donors (Lipinski definition) is 0. The summed E-state index contributed by atoms with van der Waals surface area (Å²) >= 11 is 0. The second kappa shape index (κ2) is 14.0. The van der Waals surface area contributed by atoms with Gasteiger partial charge < -0.3 is 14.4 Å². The van der Waals surface area contributed by atoms with E-state index in [4.69, 9.17) is 9.47 Å². The van der Waals surface area contributed by atoms with Crippen LogP contribution in [0.3, 0.4) is 0 Å². The lowest BCUT2D eigenvalue weighted by Crippen LogP contribution is -2.52. The van der Waals surface area contributed by atoms with Crippen molar-refractivity contribution >= 4 is 11.9 Å². The van der Waals surface area contributed by atoms with Crippen LogP contribution in [0.15, 0.2) is 12.2 Å². The molecule has 3 fully saturated rings. The molecule has 0 saturated heterocycles. The summed E-state index contributed by atoms with van der Waals surface area (Å²) in [6.45, 7) is 13.8. The normalized spacial score (nSPS) is 36.9. The van der Waals surface area contributed by atoms with Crippen molar-refractivity contribution in [1.29, 1.82) is 0 Å². The van der Waals surface area contributed by atoms with Gasteiger partial charge in [-0.05, 0) is 118 Å². The second-order valence-corrected chi connectivity index (χ2v) is 15.6. The summed E-state index contributed by atoms with van der Waals surface area (Å²) in [6, 6.07) is 0. The fraction of sp³-hybridized carbons (Fsp3) is 0.889. The van der Waals surface area contributed by atoms with E-state index >= 15 is 0 Å². The average Bonchev–Trinajstić information content (AvgIpc) is 3.27. The molecule has 9 atom stereocenters. The maximum absolute atomic E-state index is 12.6. The molecular formula is C36H61NO4. The Bertz CT molecular complexity index is 913. The number of carbonyl (C=O) groups excluding carboxylic acids is 2. The van der Waals surface area contributed by atoms with Gasteiger partial charge in [-0.15, -0.1) is 0 Å². The molecule has 0 aliphatic heterocycles. The predicted octanol–water partition coefficient (Wildman–Crippen LogP) is 8.07. The molecule has 0 amide bonds. The molecule has 0 bridgehead atoms. The Labute approximate surface area is 251 Å². The molecule has 9 unspecified atom stereocenters. The molecule has 0 heterocycles. The first-order valence-electron chi connectivity index (χ1n) is 17.1. The Morgan fingerprint density at radius 2 is 1.59 bits per heavy atom. The van der Waals surface area contributed by atoms with Crippen molar-refractivity contribution in [3.63, 3.8) is 0 Å². The predicted molar refractivity (Wildman–Crippen MR) is 166 cm³/mol. The van der Waals surface area contributed by atoms with Gasteiger partial charge in [-0.25, -0.2) is 0 Å². The molecule has 41 heavy (non-hydrogen) atoms. The Balaban J connectivity index is 1.28. The number of carbonyl (C=O) groups is 2. The zero-order chi connectivity index (χ0) is 29.8. The second-order valence-electron chi connectivity index (χ2n) is 15.6. The molecule has 0 aromatic rings. The largest absolute Gasteiger partial charge is 0.466 e. The van der Waals surface area contributed by atoms with E-state index in [1.54, 1.807) is 0 Å². The number of nitrogens with zero attached hydrogens (tertiary/aromatic N) is 1. The first kappa shape index (κ1) is 32.6. The van der Waals surface area contributed by atoms with Crippen LogP contribution in [0.5, 0.6) is 0 Å². The number of allylic oxidation sites excluding steroid dienone is 2. The number of esters is 2. The van der Waals surface area contributed by atoms with Gasteiger partial charge in [0, 0.05) is 6.54 Å². The van der Waals surface area contributed by atoms with Gasteiger partial charge in [-0.3, -0.25) is 9.59 Å². The van der Waals surface area contributed by atoms with Gasteiger partial charge >= 0.3 is 11.9 Å². The number of fused-ring (bicyclic) bond motifs is 5. The Morgan fingerprint density at radius 3 is 2.32 bits per heavy atom. The lowest BCUT2D eigenvalue weighted by Gasteiger charge is -2.59. The lowest BCUT2D eigenvalue weighted by atomic mass is 9.46. The molecule has 0 spiro atoms. The van der Waals surface area contributed by atoms with Crippen molar-refractivity contribution in [1.82, 2.24) is 4.90 Å². The fourth-order valence-electron chi connectivity index (χ4n) is 9.80. The quantitative estimate of drug-likeness (QED) is 0.127. The summed E-state index contributed by atoms with van der Waals surface area (Å²) in [5.41, 5.74) is 0.799. The van der Waals surface area contributed by atoms with Crippen molar-refractivity contribution in [2.24, 2.45) is 52.3 Å². The minimum atomic E-state index is -0.304. The topological polar surface area (TPSA) is 55.8 Å². The van der Waals surface area contributed by atoms with Gasteiger partial charge in [0.05, 0.1) is 19.4 Å². The molecule has 0 aromatic heterocycles. The maximum Gasteiger partial charge on any atom is 0.306 e. The monoisotopic (exact) mass is 571 g/mol. The first-order valence-corrected chi connectivity index (χ1v) is 17.1. The van der Waals surface area contributed by atoms with Gasteiger partial charge in [-0.1, -0.05) is 66.0 Å². The van der Waals surface area contributed by atoms with E-state index in [2.05, 4.69) is 51.7 Å². The van der Waals surface area contributed by atoms with Crippen molar-refractivity contribution in [2.45, 2.75) is 124 Å². The third kappa shape index (κ3) is 7.60. The van der Waals surface area contributed by atoms with Gasteiger partial charge in [-0.2, -0.15) is 0 Å². The molecule has 3 saturated carbocycles. The number of hydrogen-bond acceptors (Lipinski definition) is 5. The van der Waals surface area contributed by atoms with Crippen molar-refractivity contribution in [2.75, 3.05) is 27.2 Å². The van der Waals surface area contributed by atoms with E-state index in [0.717, 1.165) is 61.8 Å². The summed E-state index contributed by atoms with van der Waals surface area (Å²) in [7, 11) is 4.00. The minimum Gasteiger partial charge on any atom is -0.466 e. The van der Waals surface area contributed by atoms with Crippen LogP contribution >= 0.6 is 0 Å². The Hall–Kier alpha value is -1.36. The summed E-state index contributed by atoms with van der Waals surface area (Å²) in [4.78, 5) is 26.7. The SMILES string of the molecule is CC(C)CCCC(C)C1CCC2C3C=CC4CC(OC(=O)CCC(=O)OCCCN(C)C)CCC4(C)C3CCC12C. The van der Waals surface area contributed by atoms with E-state index in [-0.39, 0.29) is 30.9 Å². The summed E-state index contributed by atoms with van der Waals surface area (Å²) < 4.78 is 11.2. The Kier molecular flexibility index (Phi) is 11.1. The highest BCUT2D eigenvalue weighted by atomic mass is 16.5. The van der Waals surface area contributed by atoms with Crippen LogP contribution in [-0.2, 0) is 19.1 Å². The zero-order valence-electron chi connectivity index (χ0n) is 27.5. The van der Waals surface area contributed by atoms with Crippen LogP contribution in [0.1, 0.15) is 118 Å². The highest BCUT2D eigenvalue weighted by Crippen LogP contribution is 2.67. The highest BCUT2D eigenvalue weighted by Gasteiger charge is 2.59. The molecule has 0 radical (unpaired) electrons. The van der Waals surface area contributed by atoms with Gasteiger partial charge in [0.25, 0.3) is 0 Å². The summed E-state index contributed by atoms with van der Waals surface area (Å²) in [5, 5.41) is 0. The smallest absolute Gasteiger partial charge is 0.306 e. The lowest BCUT2D eigenvalue weighted by molar-refractivity contribution is -0.158. The molecule has 0 aromatic carbocycles. The molecule has 5 heteroatoms. The fourth-order valence-corrected chi connectivity index (χ4v) is 9.80. The van der Waals surface area contributed by atoms with E-state index < -0.39 is 0 Å². The van der Waals surface area contributed by atoms with Crippen molar-refractivity contribution < 1.29 is 19.1 Å². The first-order chi connectivity index (χ1) is 19.4. The molecule has 4 aliphatic rings. The van der Waals surface area contributed by atoms with E-state index in [0.29, 0.717) is 29.3 Å². The van der Waals surface area contributed by atoms with Crippen LogP contribution < -0.4 is 0 Å². The van der Waals surface area contributed by atoms with Crippen LogP contribution in [0.4, 0.5) is 0 Å². The van der Waals surface area contributed by atoms with Crippen LogP contribution in [-0.4, -0.2) is 50.2 Å². The molecule has 4 rings (SSSR count). The average molecular weight is 572 g/mol. The summed E-state index contributed by atoms with van der Waals surface area (Å²) in [6.07, 6.45) is 18.8. The Morgan fingerprint density at radius 1 is 0.878 bits per heavy atom. The van der Waals surface area contributed by atoms with Gasteiger partial charge in [0.15, 0.2) is 0 Å². The molecule has 5 nitrogen and oxygen atoms in total. The van der Waals surface area contributed by atoms with Crippen molar-refractivity contribution in [3.05, 3.63) is 12.2 Å². The van der Waals surface area contributed by atoms with Crippen LogP contribution in [0.25, 0.3) is 0 Å². The van der Waals surface area contributed by atoms with Gasteiger partial charge in [0.2, 0.25) is 0 Å². The number of ether oxygens (including phenoxy) is 2. The molecule has 4 aliphatic carbocycles. The molecule has 234 valence electrons. The minimum absolute atomic E-state index is 0.0331. The third-order valence-corrected chi connectivity index (χ3v) is 12.2. The van der Waals surface area contributed by atoms with E-state index in [1.807, 2.05) is 14.1 Å². The molecule has 0 N–H and O–H groups in total. The standard InChI is InChI=1S/C36H61NO4/c1-25(2)10-8-11-26(3)30-14-15-31-29-13-12-27-24-28(18-20-35(27,4)32(29)19-21-36(30,31)5)41-34(39)17-16-33(38)40-23-9-22-37(6)7/h12-13,25-32H,8-11,14-24H2,1-7H3. The van der Waals surface area contributed by atoms with E-state index in [1.165, 1.54) is 44.9 Å². The third-order valence-electron chi connectivity index (χ3n) is 12.2. The van der Waals surface area contributed by atoms with Crippen LogP contribution in [0, 0.1) is 52.3 Å². The van der Waals surface area contributed by atoms with E-state index in [9.17, 15) is 9.59 Å². The highest BCUT2D eigenvalue weighted by molar-refractivity contribution is 5.77. The number of rotatable bonds is 13.